The molecule has 0 saturated carbocycles. The molecule has 128 valence electrons. The molecule has 0 aliphatic rings. The van der Waals surface area contributed by atoms with Crippen LogP contribution in [0.15, 0.2) is 91.0 Å². The predicted octanol–water partition coefficient (Wildman–Crippen LogP) is 5.08. The highest BCUT2D eigenvalue weighted by atomic mass is 16.5. The summed E-state index contributed by atoms with van der Waals surface area (Å²) >= 11 is 0. The number of ether oxygens (including phenoxy) is 1. The molecule has 0 aliphatic heterocycles. The Morgan fingerprint density at radius 1 is 0.680 bits per heavy atom. The van der Waals surface area contributed by atoms with Crippen LogP contribution in [0.25, 0.3) is 0 Å². The molecule has 0 radical (unpaired) electrons. The maximum Gasteiger partial charge on any atom is 0.0660 e. The van der Waals surface area contributed by atoms with E-state index in [1.165, 1.54) is 16.7 Å². The highest BCUT2D eigenvalue weighted by Gasteiger charge is 2.21. The SMILES string of the molecule is COC[C@@H](c1ccccc1)N(Cc1ccccc1)Cc1ccccc1. The zero-order chi connectivity index (χ0) is 17.3. The second kappa shape index (κ2) is 9.16. The van der Waals surface area contributed by atoms with Crippen molar-refractivity contribution in [1.29, 1.82) is 0 Å². The fourth-order valence-corrected chi connectivity index (χ4v) is 3.16. The lowest BCUT2D eigenvalue weighted by molar-refractivity contribution is 0.0794. The van der Waals surface area contributed by atoms with Crippen molar-refractivity contribution in [2.75, 3.05) is 13.7 Å². The Labute approximate surface area is 150 Å². The molecule has 0 spiro atoms. The van der Waals surface area contributed by atoms with Gasteiger partial charge in [-0.3, -0.25) is 4.90 Å². The van der Waals surface area contributed by atoms with E-state index in [9.17, 15) is 0 Å². The number of benzene rings is 3. The van der Waals surface area contributed by atoms with Crippen LogP contribution in [-0.4, -0.2) is 18.6 Å². The Hall–Kier alpha value is -2.42. The molecule has 0 heterocycles. The lowest BCUT2D eigenvalue weighted by Crippen LogP contribution is -2.31. The van der Waals surface area contributed by atoms with Gasteiger partial charge in [-0.05, 0) is 16.7 Å². The molecule has 1 atom stereocenters. The average molecular weight is 331 g/mol. The monoisotopic (exact) mass is 331 g/mol. The van der Waals surface area contributed by atoms with Crippen molar-refractivity contribution in [3.8, 4) is 0 Å². The van der Waals surface area contributed by atoms with E-state index in [2.05, 4.69) is 95.9 Å². The van der Waals surface area contributed by atoms with Gasteiger partial charge in [-0.2, -0.15) is 0 Å². The molecule has 2 heteroatoms. The molecule has 3 rings (SSSR count). The fraction of sp³-hybridized carbons (Fsp3) is 0.217. The quantitative estimate of drug-likeness (QED) is 0.571. The van der Waals surface area contributed by atoms with E-state index in [1.54, 1.807) is 7.11 Å². The van der Waals surface area contributed by atoms with Crippen LogP contribution in [0.1, 0.15) is 22.7 Å². The van der Waals surface area contributed by atoms with E-state index in [1.807, 2.05) is 0 Å². The van der Waals surface area contributed by atoms with Crippen molar-refractivity contribution in [1.82, 2.24) is 4.90 Å². The Kier molecular flexibility index (Phi) is 6.38. The third-order valence-corrected chi connectivity index (χ3v) is 4.41. The minimum Gasteiger partial charge on any atom is -0.383 e. The predicted molar refractivity (Wildman–Crippen MR) is 103 cm³/mol. The first-order chi connectivity index (χ1) is 12.4. The van der Waals surface area contributed by atoms with E-state index in [-0.39, 0.29) is 6.04 Å². The summed E-state index contributed by atoms with van der Waals surface area (Å²) in [5.74, 6) is 0. The summed E-state index contributed by atoms with van der Waals surface area (Å²) in [6.07, 6.45) is 0. The minimum absolute atomic E-state index is 0.214. The molecule has 0 N–H and O–H groups in total. The van der Waals surface area contributed by atoms with Crippen LogP contribution in [0.5, 0.6) is 0 Å². The maximum atomic E-state index is 5.57. The number of hydrogen-bond acceptors (Lipinski definition) is 2. The largest absolute Gasteiger partial charge is 0.383 e. The topological polar surface area (TPSA) is 12.5 Å². The minimum atomic E-state index is 0.214. The Bertz CT molecular complexity index is 686. The van der Waals surface area contributed by atoms with E-state index in [0.29, 0.717) is 6.61 Å². The molecule has 0 fully saturated rings. The van der Waals surface area contributed by atoms with Crippen LogP contribution in [0.3, 0.4) is 0 Å². The molecule has 0 saturated heterocycles. The maximum absolute atomic E-state index is 5.57. The summed E-state index contributed by atoms with van der Waals surface area (Å²) in [5, 5.41) is 0. The van der Waals surface area contributed by atoms with Crippen molar-refractivity contribution in [3.63, 3.8) is 0 Å². The summed E-state index contributed by atoms with van der Waals surface area (Å²) in [4.78, 5) is 2.49. The Morgan fingerprint density at radius 3 is 1.56 bits per heavy atom. The normalized spacial score (nSPS) is 12.2. The van der Waals surface area contributed by atoms with Gasteiger partial charge in [-0.25, -0.2) is 0 Å². The van der Waals surface area contributed by atoms with Crippen molar-refractivity contribution in [2.45, 2.75) is 19.1 Å². The summed E-state index contributed by atoms with van der Waals surface area (Å²) in [6, 6.07) is 32.1. The fourth-order valence-electron chi connectivity index (χ4n) is 3.16. The lowest BCUT2D eigenvalue weighted by atomic mass is 10.0. The van der Waals surface area contributed by atoms with Crippen molar-refractivity contribution < 1.29 is 4.74 Å². The lowest BCUT2D eigenvalue weighted by Gasteiger charge is -2.32. The molecule has 25 heavy (non-hydrogen) atoms. The highest BCUT2D eigenvalue weighted by molar-refractivity contribution is 5.22. The summed E-state index contributed by atoms with van der Waals surface area (Å²) < 4.78 is 5.57. The molecule has 3 aromatic carbocycles. The van der Waals surface area contributed by atoms with Crippen LogP contribution < -0.4 is 0 Å². The van der Waals surface area contributed by atoms with Crippen LogP contribution >= 0.6 is 0 Å². The van der Waals surface area contributed by atoms with Crippen LogP contribution in [0, 0.1) is 0 Å². The molecule has 0 aliphatic carbocycles. The molecular formula is C23H25NO. The zero-order valence-electron chi connectivity index (χ0n) is 14.7. The van der Waals surface area contributed by atoms with Gasteiger partial charge < -0.3 is 4.74 Å². The first-order valence-corrected chi connectivity index (χ1v) is 8.72. The number of methoxy groups -OCH3 is 1. The van der Waals surface area contributed by atoms with E-state index >= 15 is 0 Å². The van der Waals surface area contributed by atoms with Crippen molar-refractivity contribution in [3.05, 3.63) is 108 Å². The van der Waals surface area contributed by atoms with Gasteiger partial charge in [0.2, 0.25) is 0 Å². The smallest absolute Gasteiger partial charge is 0.0660 e. The van der Waals surface area contributed by atoms with E-state index < -0.39 is 0 Å². The first-order valence-electron chi connectivity index (χ1n) is 8.72. The molecular weight excluding hydrogens is 306 g/mol. The van der Waals surface area contributed by atoms with Gasteiger partial charge in [-0.1, -0.05) is 91.0 Å². The van der Waals surface area contributed by atoms with Crippen LogP contribution in [0.2, 0.25) is 0 Å². The first kappa shape index (κ1) is 17.4. The van der Waals surface area contributed by atoms with Crippen molar-refractivity contribution in [2.24, 2.45) is 0 Å². The molecule has 0 unspecified atom stereocenters. The van der Waals surface area contributed by atoms with Gasteiger partial charge in [0.05, 0.1) is 12.6 Å². The van der Waals surface area contributed by atoms with Gasteiger partial charge in [0, 0.05) is 20.2 Å². The molecule has 0 amide bonds. The van der Waals surface area contributed by atoms with Gasteiger partial charge in [0.25, 0.3) is 0 Å². The van der Waals surface area contributed by atoms with Gasteiger partial charge in [0.1, 0.15) is 0 Å². The van der Waals surface area contributed by atoms with Crippen LogP contribution in [0.4, 0.5) is 0 Å². The average Bonchev–Trinajstić information content (AvgIpc) is 2.68. The third kappa shape index (κ3) is 5.02. The van der Waals surface area contributed by atoms with Crippen LogP contribution in [-0.2, 0) is 17.8 Å². The molecule has 3 aromatic rings. The molecule has 2 nitrogen and oxygen atoms in total. The Morgan fingerprint density at radius 2 is 1.12 bits per heavy atom. The Balaban J connectivity index is 1.89. The molecule has 0 bridgehead atoms. The van der Waals surface area contributed by atoms with Gasteiger partial charge in [-0.15, -0.1) is 0 Å². The summed E-state index contributed by atoms with van der Waals surface area (Å²) in [6.45, 7) is 2.45. The van der Waals surface area contributed by atoms with E-state index in [0.717, 1.165) is 13.1 Å². The zero-order valence-corrected chi connectivity index (χ0v) is 14.7. The van der Waals surface area contributed by atoms with Gasteiger partial charge in [0.15, 0.2) is 0 Å². The number of hydrogen-bond donors (Lipinski definition) is 0. The number of rotatable bonds is 8. The van der Waals surface area contributed by atoms with Crippen molar-refractivity contribution >= 4 is 0 Å². The highest BCUT2D eigenvalue weighted by Crippen LogP contribution is 2.25. The third-order valence-electron chi connectivity index (χ3n) is 4.41. The summed E-state index contributed by atoms with van der Waals surface area (Å²) in [7, 11) is 1.78. The number of nitrogens with zero attached hydrogens (tertiary/aromatic N) is 1. The second-order valence-corrected chi connectivity index (χ2v) is 6.26. The summed E-state index contributed by atoms with van der Waals surface area (Å²) in [5.41, 5.74) is 3.92. The standard InChI is InChI=1S/C23H25NO/c1-25-19-23(22-15-9-4-10-16-22)24(17-20-11-5-2-6-12-20)18-21-13-7-3-8-14-21/h2-16,23H,17-19H2,1H3/t23-/m0/s1. The second-order valence-electron chi connectivity index (χ2n) is 6.26. The molecule has 0 aromatic heterocycles. The van der Waals surface area contributed by atoms with Gasteiger partial charge >= 0.3 is 0 Å². The van der Waals surface area contributed by atoms with E-state index in [4.69, 9.17) is 4.74 Å².